The number of hydrogen-bond donors (Lipinski definition) is 9. The fourth-order valence-corrected chi connectivity index (χ4v) is 14.5. The number of nitrogens with one attached hydrogen (secondary N) is 2. The van der Waals surface area contributed by atoms with Crippen molar-refractivity contribution < 1.29 is 35.4 Å². The number of aryl methyl sites for hydroxylation is 1. The number of phenolic OH excluding ortho intramolecular Hbond substituents is 2. The number of nitrogens with two attached hydrogens (primary N) is 1. The first-order chi connectivity index (χ1) is 34.1. The normalized spacial score (nSPS) is 29.9. The first-order valence-electron chi connectivity index (χ1n) is 27.9. The van der Waals surface area contributed by atoms with Gasteiger partial charge in [-0.15, -0.1) is 0 Å². The summed E-state index contributed by atoms with van der Waals surface area (Å²) in [5, 5.41) is 73.4. The minimum Gasteiger partial charge on any atom is -0.508 e. The van der Waals surface area contributed by atoms with Crippen LogP contribution in [0.15, 0.2) is 78.2 Å². The van der Waals surface area contributed by atoms with Gasteiger partial charge in [0.1, 0.15) is 11.5 Å². The molecule has 4 aliphatic carbocycles. The zero-order valence-corrected chi connectivity index (χ0v) is 43.3. The van der Waals surface area contributed by atoms with E-state index in [1.807, 2.05) is 0 Å². The summed E-state index contributed by atoms with van der Waals surface area (Å²) in [4.78, 5) is 17.3. The van der Waals surface area contributed by atoms with Gasteiger partial charge in [-0.3, -0.25) is 4.79 Å². The number of rotatable bonds is 18. The molecule has 8 rings (SSSR count). The number of aromatic nitrogens is 1. The van der Waals surface area contributed by atoms with Crippen LogP contribution in [0, 0.1) is 40.9 Å². The van der Waals surface area contributed by atoms with E-state index >= 15 is 0 Å². The molecule has 5 aliphatic rings. The van der Waals surface area contributed by atoms with Crippen LogP contribution in [-0.2, 0) is 17.6 Å². The molecule has 2 aromatic carbocycles. The summed E-state index contributed by atoms with van der Waals surface area (Å²) in [7, 11) is 0. The third kappa shape index (κ3) is 11.8. The van der Waals surface area contributed by atoms with E-state index in [1.54, 1.807) is 6.07 Å². The van der Waals surface area contributed by atoms with Crippen LogP contribution in [0.5, 0.6) is 11.5 Å². The molecule has 0 spiro atoms. The Labute approximate surface area is 424 Å². The maximum absolute atomic E-state index is 13.4. The van der Waals surface area contributed by atoms with Crippen LogP contribution in [-0.4, -0.2) is 65.9 Å². The van der Waals surface area contributed by atoms with Crippen LogP contribution >= 0.6 is 0 Å². The highest BCUT2D eigenvalue weighted by Gasteiger charge is 2.57. The number of dihydropyridines is 1. The number of phenols is 2. The number of unbranched alkanes of at least 4 members (excludes halogenated alkanes) is 3. The second kappa shape index (κ2) is 23.1. The number of aliphatic hydroxyl groups excluding tert-OH is 2. The molecule has 10 nitrogen and oxygen atoms in total. The summed E-state index contributed by atoms with van der Waals surface area (Å²) in [6.07, 6.45) is 24.7. The lowest BCUT2D eigenvalue weighted by molar-refractivity contribution is -0.150. The molecule has 0 bridgehead atoms. The minimum absolute atomic E-state index is 0.0215. The average Bonchev–Trinajstić information content (AvgIpc) is 4.10. The SMILES string of the molecule is CCCCC[C@@H]1C=C[C@@H](CCCC[C@H]2CC[C@@H](c3cc(CC)c(-c4cc(O)cc(O)c4Cc4ccc(C(C)C)cc4)[nH]3)[C@@H]3C[C@H](C4(C5=CCNC(N)=C5)CCCC4)C[C@@]3(O)CC[C@H](O)[C@H]2C(=O)O)[C@H](O)C1. The van der Waals surface area contributed by atoms with Crippen molar-refractivity contribution in [3.05, 3.63) is 106 Å². The van der Waals surface area contributed by atoms with Gasteiger partial charge in [-0.2, -0.15) is 0 Å². The number of benzene rings is 2. The molecule has 0 saturated heterocycles. The van der Waals surface area contributed by atoms with E-state index in [4.69, 9.17) is 5.73 Å². The molecule has 388 valence electrons. The molecule has 2 heterocycles. The number of fused-ring (bicyclic) bond motifs is 1. The Balaban J connectivity index is 1.13. The molecular weight excluding hydrogens is 887 g/mol. The van der Waals surface area contributed by atoms with Crippen molar-refractivity contribution in [2.45, 2.75) is 192 Å². The average molecular weight is 974 g/mol. The largest absolute Gasteiger partial charge is 0.508 e. The van der Waals surface area contributed by atoms with Crippen LogP contribution in [0.4, 0.5) is 0 Å². The quantitative estimate of drug-likeness (QED) is 0.0441. The van der Waals surface area contributed by atoms with Crippen molar-refractivity contribution in [3.63, 3.8) is 0 Å². The second-order valence-electron chi connectivity index (χ2n) is 23.2. The number of aromatic hydroxyl groups is 2. The third-order valence-electron chi connectivity index (χ3n) is 18.5. The molecule has 1 aliphatic heterocycles. The van der Waals surface area contributed by atoms with E-state index < -0.39 is 23.6 Å². The summed E-state index contributed by atoms with van der Waals surface area (Å²) in [6, 6.07) is 13.9. The Kier molecular flexibility index (Phi) is 17.2. The lowest BCUT2D eigenvalue weighted by Gasteiger charge is -2.40. The highest BCUT2D eigenvalue weighted by Crippen LogP contribution is 2.62. The standard InChI is InChI=1S/C61H87N3O7/c1-5-7-8-13-39-18-21-43(54(67)31-39)14-9-10-15-44-22-23-48(52-32-41(6-2)58(64-52)50-35-47(65)36-55(68)49(50)30-40-16-19-42(20-17-40)38(3)4)51-33-46(37-61(51,71)28-24-53(66)57(44)59(69)70)60(26-11-12-27-60)45-25-29-63-56(62)34-45/h16-21,25,32,34-36,38-39,43-44,46,48,51,53-54,57,63-68,71H,5-15,22-24,26-31,33,37,62H2,1-4H3,(H,69,70)/t39-,43-,44+,46+,48-,51+,53+,54-,57+,61+/m1/s1. The van der Waals surface area contributed by atoms with Gasteiger partial charge in [-0.1, -0.05) is 115 Å². The number of aliphatic hydroxyl groups is 3. The summed E-state index contributed by atoms with van der Waals surface area (Å²) >= 11 is 0. The smallest absolute Gasteiger partial charge is 0.309 e. The third-order valence-corrected chi connectivity index (χ3v) is 18.5. The predicted molar refractivity (Wildman–Crippen MR) is 284 cm³/mol. The molecule has 71 heavy (non-hydrogen) atoms. The first kappa shape index (κ1) is 52.8. The zero-order chi connectivity index (χ0) is 50.5. The Morgan fingerprint density at radius 3 is 2.31 bits per heavy atom. The number of carbonyl (C=O) groups is 1. The van der Waals surface area contributed by atoms with Crippen molar-refractivity contribution in [2.24, 2.45) is 46.7 Å². The maximum Gasteiger partial charge on any atom is 0.309 e. The topological polar surface area (TPSA) is 192 Å². The number of carboxylic acid groups (broad SMARTS) is 1. The van der Waals surface area contributed by atoms with Gasteiger partial charge >= 0.3 is 5.97 Å². The summed E-state index contributed by atoms with van der Waals surface area (Å²) < 4.78 is 0. The number of H-pyrrole nitrogens is 1. The van der Waals surface area contributed by atoms with Gasteiger partial charge in [0.25, 0.3) is 0 Å². The minimum atomic E-state index is -1.16. The Bertz CT molecular complexity index is 2360. The molecule has 10 heteroatoms. The molecule has 3 aromatic rings. The molecule has 10 atom stereocenters. The van der Waals surface area contributed by atoms with Gasteiger partial charge in [0.2, 0.25) is 0 Å². The summed E-state index contributed by atoms with van der Waals surface area (Å²) in [5.41, 5.74) is 13.0. The molecule has 3 saturated carbocycles. The summed E-state index contributed by atoms with van der Waals surface area (Å²) in [5.74, 6) is -0.810. The molecule has 10 N–H and O–H groups in total. The van der Waals surface area contributed by atoms with Gasteiger partial charge in [0.05, 0.1) is 29.5 Å². The molecule has 0 amide bonds. The predicted octanol–water partition coefficient (Wildman–Crippen LogP) is 12.0. The maximum atomic E-state index is 13.4. The van der Waals surface area contributed by atoms with Gasteiger partial charge < -0.3 is 46.7 Å². The Hall–Kier alpha value is -4.51. The van der Waals surface area contributed by atoms with Crippen LogP contribution in [0.25, 0.3) is 11.3 Å². The van der Waals surface area contributed by atoms with Crippen molar-refractivity contribution >= 4 is 5.97 Å². The lowest BCUT2D eigenvalue weighted by atomic mass is 9.66. The van der Waals surface area contributed by atoms with Gasteiger partial charge in [-0.25, -0.2) is 0 Å². The van der Waals surface area contributed by atoms with Crippen LogP contribution in [0.3, 0.4) is 0 Å². The molecule has 3 fully saturated rings. The van der Waals surface area contributed by atoms with Crippen molar-refractivity contribution in [2.75, 3.05) is 6.54 Å². The van der Waals surface area contributed by atoms with E-state index in [-0.39, 0.29) is 59.0 Å². The lowest BCUT2D eigenvalue weighted by Crippen LogP contribution is -2.42. The van der Waals surface area contributed by atoms with Crippen LogP contribution < -0.4 is 11.1 Å². The van der Waals surface area contributed by atoms with Crippen molar-refractivity contribution in [1.29, 1.82) is 0 Å². The van der Waals surface area contributed by atoms with E-state index in [0.29, 0.717) is 69.1 Å². The van der Waals surface area contributed by atoms with E-state index in [9.17, 15) is 35.4 Å². The molecule has 1 aromatic heterocycles. The number of allylic oxidation sites excluding steroid dienone is 3. The highest BCUT2D eigenvalue weighted by atomic mass is 16.4. The highest BCUT2D eigenvalue weighted by molar-refractivity contribution is 5.73. The first-order valence-corrected chi connectivity index (χ1v) is 27.9. The van der Waals surface area contributed by atoms with Gasteiger partial charge in [0.15, 0.2) is 0 Å². The number of carboxylic acids is 1. The van der Waals surface area contributed by atoms with E-state index in [1.165, 1.54) is 36.5 Å². The fraction of sp³-hybridized carbons (Fsp3) is 0.623. The van der Waals surface area contributed by atoms with Crippen LogP contribution in [0.1, 0.15) is 189 Å². The summed E-state index contributed by atoms with van der Waals surface area (Å²) in [6.45, 7) is 9.36. The van der Waals surface area contributed by atoms with E-state index in [2.05, 4.69) is 92.6 Å². The molecular formula is C61H87N3O7. The van der Waals surface area contributed by atoms with Gasteiger partial charge in [0, 0.05) is 53.4 Å². The second-order valence-corrected chi connectivity index (χ2v) is 23.2. The Morgan fingerprint density at radius 2 is 1.62 bits per heavy atom. The number of aliphatic carboxylic acids is 1. The fourth-order valence-electron chi connectivity index (χ4n) is 14.5. The molecule has 0 radical (unpaired) electrons. The van der Waals surface area contributed by atoms with Gasteiger partial charge in [-0.05, 0) is 159 Å². The Morgan fingerprint density at radius 1 is 0.873 bits per heavy atom. The number of aromatic amines is 1. The van der Waals surface area contributed by atoms with Crippen LogP contribution in [0.2, 0.25) is 0 Å². The van der Waals surface area contributed by atoms with Crippen molar-refractivity contribution in [1.82, 2.24) is 10.3 Å². The number of hydrogen-bond acceptors (Lipinski definition) is 8. The van der Waals surface area contributed by atoms with Crippen molar-refractivity contribution in [3.8, 4) is 22.8 Å². The molecule has 0 unspecified atom stereocenters. The van der Waals surface area contributed by atoms with E-state index in [0.717, 1.165) is 97.8 Å². The monoisotopic (exact) mass is 974 g/mol. The zero-order valence-electron chi connectivity index (χ0n) is 43.3.